The molecule has 0 aliphatic carbocycles. The highest BCUT2D eigenvalue weighted by atomic mass is 31.2. The minimum absolute atomic E-state index is 0.207. The quantitative estimate of drug-likeness (QED) is 0.476. The van der Waals surface area contributed by atoms with Crippen molar-refractivity contribution in [1.82, 2.24) is 4.75 Å². The smallest absolute Gasteiger partial charge is 0.168 e. The summed E-state index contributed by atoms with van der Waals surface area (Å²) in [5.41, 5.74) is 2.01. The second-order valence-electron chi connectivity index (χ2n) is 5.97. The van der Waals surface area contributed by atoms with Gasteiger partial charge in [0.15, 0.2) is 8.24 Å². The van der Waals surface area contributed by atoms with E-state index in [1.54, 1.807) is 0 Å². The number of hydrogen-bond donors (Lipinski definition) is 1. The van der Waals surface area contributed by atoms with Gasteiger partial charge in [-0.1, -0.05) is 46.0 Å². The Labute approximate surface area is 103 Å². The molecule has 0 radical (unpaired) electrons. The number of rotatable bonds is 4. The van der Waals surface area contributed by atoms with E-state index < -0.39 is 16.5 Å². The van der Waals surface area contributed by atoms with Gasteiger partial charge in [-0.25, -0.2) is 4.75 Å². The summed E-state index contributed by atoms with van der Waals surface area (Å²) in [5, 5.41) is 0.207. The normalized spacial score (nSPS) is 16.1. The van der Waals surface area contributed by atoms with E-state index in [9.17, 15) is 4.89 Å². The summed E-state index contributed by atoms with van der Waals surface area (Å²) in [6, 6.07) is 0. The molecule has 2 nitrogen and oxygen atoms in total. The van der Waals surface area contributed by atoms with Gasteiger partial charge in [-0.05, 0) is 24.5 Å². The van der Waals surface area contributed by atoms with Gasteiger partial charge < -0.3 is 4.89 Å². The molecule has 1 unspecified atom stereocenters. The van der Waals surface area contributed by atoms with Gasteiger partial charge in [0, 0.05) is 8.30 Å². The Bertz CT molecular complexity index is 292. The second kappa shape index (κ2) is 5.59. The van der Waals surface area contributed by atoms with E-state index >= 15 is 0 Å². The molecule has 0 bridgehead atoms. The fourth-order valence-electron chi connectivity index (χ4n) is 0.851. The van der Waals surface area contributed by atoms with Crippen molar-refractivity contribution in [2.75, 3.05) is 0 Å². The van der Waals surface area contributed by atoms with Gasteiger partial charge in [0.1, 0.15) is 0 Å². The van der Waals surface area contributed by atoms with Crippen molar-refractivity contribution in [2.24, 2.45) is 0 Å². The van der Waals surface area contributed by atoms with Gasteiger partial charge in [0.25, 0.3) is 0 Å². The van der Waals surface area contributed by atoms with Crippen LogP contribution in [-0.4, -0.2) is 8.24 Å². The molecule has 0 rings (SSSR count). The van der Waals surface area contributed by atoms with Gasteiger partial charge in [-0.3, -0.25) is 0 Å². The molecule has 0 aromatic carbocycles. The first kappa shape index (κ1) is 16.0. The maximum absolute atomic E-state index is 12.0. The molecule has 4 heteroatoms. The van der Waals surface area contributed by atoms with Crippen LogP contribution in [0.15, 0.2) is 23.5 Å². The van der Waals surface area contributed by atoms with Gasteiger partial charge in [0.05, 0.1) is 5.82 Å². The number of hydrogen-bond acceptors (Lipinski definition) is 2. The Hall–Kier alpha value is 0.0469. The zero-order valence-electron chi connectivity index (χ0n) is 11.7. The molecule has 94 valence electrons. The highest BCUT2D eigenvalue weighted by Crippen LogP contribution is 2.39. The maximum atomic E-state index is 12.0. The molecule has 0 saturated heterocycles. The van der Waals surface area contributed by atoms with Crippen LogP contribution in [0.25, 0.3) is 0 Å². The molecule has 0 aliphatic heterocycles. The SMILES string of the molecule is C=C(C)/C(C)=C/[PH+]([O-])N[Si](C)(C)C(C)(C)C. The van der Waals surface area contributed by atoms with E-state index in [-0.39, 0.29) is 5.04 Å². The van der Waals surface area contributed by atoms with Crippen LogP contribution in [0.2, 0.25) is 18.1 Å². The topological polar surface area (TPSA) is 35.1 Å². The first-order valence-electron chi connectivity index (χ1n) is 5.64. The van der Waals surface area contributed by atoms with E-state index in [4.69, 9.17) is 0 Å². The minimum Gasteiger partial charge on any atom is -0.664 e. The lowest BCUT2D eigenvalue weighted by Crippen LogP contribution is -2.50. The van der Waals surface area contributed by atoms with Gasteiger partial charge in [-0.15, -0.1) is 0 Å². The molecule has 1 atom stereocenters. The second-order valence-corrected chi connectivity index (χ2v) is 12.7. The van der Waals surface area contributed by atoms with Crippen LogP contribution < -0.4 is 9.65 Å². The van der Waals surface area contributed by atoms with E-state index in [1.165, 1.54) is 0 Å². The fourth-order valence-corrected chi connectivity index (χ4v) is 5.74. The average Bonchev–Trinajstić information content (AvgIpc) is 1.99. The molecule has 0 aromatic rings. The van der Waals surface area contributed by atoms with Crippen molar-refractivity contribution >= 4 is 16.5 Å². The molecule has 16 heavy (non-hydrogen) atoms. The number of allylic oxidation sites excluding steroid dienone is 2. The van der Waals surface area contributed by atoms with Crippen molar-refractivity contribution < 1.29 is 4.89 Å². The van der Waals surface area contributed by atoms with Crippen LogP contribution in [0.3, 0.4) is 0 Å². The predicted octanol–water partition coefficient (Wildman–Crippen LogP) is 3.47. The predicted molar refractivity (Wildman–Crippen MR) is 77.2 cm³/mol. The van der Waals surface area contributed by atoms with E-state index in [0.29, 0.717) is 0 Å². The standard InChI is InChI=1S/C12H26NOPSi/c1-10(2)11(3)9-15(14)13-16(7,8)12(4,5)6/h9,13,15H,1H2,2-8H3/b11-9+. The van der Waals surface area contributed by atoms with Crippen LogP contribution in [-0.2, 0) is 0 Å². The minimum atomic E-state index is -1.83. The third-order valence-corrected chi connectivity index (χ3v) is 11.3. The van der Waals surface area contributed by atoms with Gasteiger partial charge in [0.2, 0.25) is 0 Å². The molecular weight excluding hydrogens is 233 g/mol. The monoisotopic (exact) mass is 259 g/mol. The Kier molecular flexibility index (Phi) is 5.61. The van der Waals surface area contributed by atoms with Crippen LogP contribution in [0.1, 0.15) is 34.6 Å². The molecule has 1 N–H and O–H groups in total. The lowest BCUT2D eigenvalue weighted by atomic mass is 10.2. The van der Waals surface area contributed by atoms with E-state index in [0.717, 1.165) is 11.1 Å². The Morgan fingerprint density at radius 1 is 1.31 bits per heavy atom. The summed E-state index contributed by atoms with van der Waals surface area (Å²) >= 11 is 0. The summed E-state index contributed by atoms with van der Waals surface area (Å²) in [4.78, 5) is 12.0. The van der Waals surface area contributed by atoms with Crippen molar-refractivity contribution in [1.29, 1.82) is 0 Å². The van der Waals surface area contributed by atoms with Crippen LogP contribution in [0, 0.1) is 0 Å². The van der Waals surface area contributed by atoms with Crippen molar-refractivity contribution in [3.63, 3.8) is 0 Å². The fraction of sp³-hybridized carbons (Fsp3) is 0.667. The highest BCUT2D eigenvalue weighted by molar-refractivity contribution is 7.54. The van der Waals surface area contributed by atoms with E-state index in [1.807, 2.05) is 19.7 Å². The molecule has 0 fully saturated rings. The summed E-state index contributed by atoms with van der Waals surface area (Å²) in [6.07, 6.45) is 0. The molecule has 0 aliphatic rings. The summed E-state index contributed by atoms with van der Waals surface area (Å²) in [6.45, 7) is 18.8. The zero-order chi connectivity index (χ0) is 13.1. The van der Waals surface area contributed by atoms with Crippen LogP contribution >= 0.6 is 8.30 Å². The molecular formula is C12H26NOPSi. The molecule has 0 aromatic heterocycles. The lowest BCUT2D eigenvalue weighted by Gasteiger charge is -2.37. The van der Waals surface area contributed by atoms with Crippen molar-refractivity contribution in [3.8, 4) is 0 Å². The summed E-state index contributed by atoms with van der Waals surface area (Å²) in [7, 11) is -3.50. The first-order valence-corrected chi connectivity index (χ1v) is 10.1. The third kappa shape index (κ3) is 4.92. The van der Waals surface area contributed by atoms with Crippen molar-refractivity contribution in [2.45, 2.75) is 52.8 Å². The molecule has 0 saturated carbocycles. The zero-order valence-corrected chi connectivity index (χ0v) is 13.7. The van der Waals surface area contributed by atoms with Gasteiger partial charge in [-0.2, -0.15) is 0 Å². The van der Waals surface area contributed by atoms with Crippen molar-refractivity contribution in [3.05, 3.63) is 23.5 Å². The Balaban J connectivity index is 4.64. The van der Waals surface area contributed by atoms with Crippen LogP contribution in [0.4, 0.5) is 0 Å². The first-order chi connectivity index (χ1) is 6.97. The Morgan fingerprint density at radius 2 is 1.75 bits per heavy atom. The van der Waals surface area contributed by atoms with Gasteiger partial charge >= 0.3 is 0 Å². The Morgan fingerprint density at radius 3 is 2.06 bits per heavy atom. The summed E-state index contributed by atoms with van der Waals surface area (Å²) < 4.78 is 3.35. The third-order valence-electron chi connectivity index (χ3n) is 3.33. The van der Waals surface area contributed by atoms with Crippen LogP contribution in [0.5, 0.6) is 0 Å². The lowest BCUT2D eigenvalue weighted by molar-refractivity contribution is -0.158. The summed E-state index contributed by atoms with van der Waals surface area (Å²) in [5.74, 6) is 1.83. The highest BCUT2D eigenvalue weighted by Gasteiger charge is 2.38. The number of nitrogens with one attached hydrogen (secondary N) is 1. The molecule has 0 amide bonds. The molecule has 0 spiro atoms. The largest absolute Gasteiger partial charge is 0.664 e. The average molecular weight is 259 g/mol. The maximum Gasteiger partial charge on any atom is 0.168 e. The van der Waals surface area contributed by atoms with E-state index in [2.05, 4.69) is 45.2 Å². The molecule has 0 heterocycles.